The van der Waals surface area contributed by atoms with E-state index in [-0.39, 0.29) is 6.54 Å². The number of carbonyl (C=O) groups is 1. The summed E-state index contributed by atoms with van der Waals surface area (Å²) in [5.74, 6) is -0.432. The van der Waals surface area contributed by atoms with E-state index in [1.165, 1.54) is 0 Å². The van der Waals surface area contributed by atoms with Gasteiger partial charge in [-0.2, -0.15) is 0 Å². The SMILES string of the molecule is O=C(Cn1c(=O)sc2ccccc2c1=O)Nc1ccccc1Br. The first-order valence-corrected chi connectivity index (χ1v) is 8.34. The number of amides is 1. The lowest BCUT2D eigenvalue weighted by molar-refractivity contribution is -0.116. The quantitative estimate of drug-likeness (QED) is 0.747. The minimum atomic E-state index is -0.452. The highest BCUT2D eigenvalue weighted by Gasteiger charge is 2.12. The second-order valence-corrected chi connectivity index (χ2v) is 6.63. The second kappa shape index (κ2) is 6.47. The zero-order valence-electron chi connectivity index (χ0n) is 11.8. The maximum Gasteiger partial charge on any atom is 0.311 e. The molecule has 116 valence electrons. The van der Waals surface area contributed by atoms with Gasteiger partial charge in [-0.15, -0.1) is 0 Å². The molecule has 0 radical (unpaired) electrons. The fraction of sp³-hybridized carbons (Fsp3) is 0.0625. The number of hydrogen-bond donors (Lipinski definition) is 1. The maximum absolute atomic E-state index is 12.4. The van der Waals surface area contributed by atoms with E-state index in [4.69, 9.17) is 0 Å². The third-order valence-electron chi connectivity index (χ3n) is 3.23. The van der Waals surface area contributed by atoms with Crippen LogP contribution < -0.4 is 15.7 Å². The first-order chi connectivity index (χ1) is 11.1. The maximum atomic E-state index is 12.4. The minimum absolute atomic E-state index is 0.319. The van der Waals surface area contributed by atoms with E-state index in [1.807, 2.05) is 6.07 Å². The summed E-state index contributed by atoms with van der Waals surface area (Å²) in [4.78, 5) is 36.2. The summed E-state index contributed by atoms with van der Waals surface area (Å²) in [5.41, 5.74) is 0.133. The highest BCUT2D eigenvalue weighted by atomic mass is 79.9. The molecule has 0 aliphatic rings. The Morgan fingerprint density at radius 3 is 2.57 bits per heavy atom. The Bertz CT molecular complexity index is 1010. The highest BCUT2D eigenvalue weighted by molar-refractivity contribution is 9.10. The smallest absolute Gasteiger partial charge is 0.311 e. The lowest BCUT2D eigenvalue weighted by Crippen LogP contribution is -2.35. The second-order valence-electron chi connectivity index (χ2n) is 4.78. The van der Waals surface area contributed by atoms with Gasteiger partial charge in [0.05, 0.1) is 11.1 Å². The number of benzene rings is 2. The van der Waals surface area contributed by atoms with E-state index in [0.29, 0.717) is 15.8 Å². The molecular weight excluding hydrogens is 380 g/mol. The van der Waals surface area contributed by atoms with Crippen LogP contribution in [-0.4, -0.2) is 10.5 Å². The number of halogens is 1. The van der Waals surface area contributed by atoms with Crippen LogP contribution in [0.5, 0.6) is 0 Å². The predicted octanol–water partition coefficient (Wildman–Crippen LogP) is 2.82. The van der Waals surface area contributed by atoms with Crippen molar-refractivity contribution < 1.29 is 4.79 Å². The average Bonchev–Trinajstić information content (AvgIpc) is 2.54. The number of nitrogens with zero attached hydrogens (tertiary/aromatic N) is 1. The van der Waals surface area contributed by atoms with Gasteiger partial charge < -0.3 is 5.32 Å². The fourth-order valence-corrected chi connectivity index (χ4v) is 3.38. The number of nitrogens with one attached hydrogen (secondary N) is 1. The molecule has 0 bridgehead atoms. The summed E-state index contributed by atoms with van der Waals surface area (Å²) < 4.78 is 2.30. The number of hydrogen-bond acceptors (Lipinski definition) is 4. The topological polar surface area (TPSA) is 68.2 Å². The van der Waals surface area contributed by atoms with Crippen LogP contribution >= 0.6 is 27.3 Å². The average molecular weight is 391 g/mol. The largest absolute Gasteiger partial charge is 0.324 e. The van der Waals surface area contributed by atoms with Crippen LogP contribution in [0.3, 0.4) is 0 Å². The normalized spacial score (nSPS) is 10.7. The van der Waals surface area contributed by atoms with Crippen molar-refractivity contribution in [1.82, 2.24) is 4.57 Å². The van der Waals surface area contributed by atoms with Gasteiger partial charge >= 0.3 is 4.87 Å². The molecule has 0 unspecified atom stereocenters. The fourth-order valence-electron chi connectivity index (χ4n) is 2.14. The monoisotopic (exact) mass is 390 g/mol. The first kappa shape index (κ1) is 15.6. The van der Waals surface area contributed by atoms with Crippen molar-refractivity contribution in [2.24, 2.45) is 0 Å². The van der Waals surface area contributed by atoms with E-state index >= 15 is 0 Å². The van der Waals surface area contributed by atoms with E-state index in [2.05, 4.69) is 21.2 Å². The molecule has 0 atom stereocenters. The molecule has 7 heteroatoms. The van der Waals surface area contributed by atoms with Gasteiger partial charge in [-0.05, 0) is 40.2 Å². The lowest BCUT2D eigenvalue weighted by Gasteiger charge is -2.08. The Labute approximate surface area is 143 Å². The Morgan fingerprint density at radius 1 is 1.09 bits per heavy atom. The van der Waals surface area contributed by atoms with Crippen LogP contribution in [0.4, 0.5) is 5.69 Å². The van der Waals surface area contributed by atoms with Gasteiger partial charge in [-0.1, -0.05) is 35.6 Å². The van der Waals surface area contributed by atoms with Crippen LogP contribution in [0.1, 0.15) is 0 Å². The molecule has 0 spiro atoms. The summed E-state index contributed by atoms with van der Waals surface area (Å²) in [6.07, 6.45) is 0. The number of para-hydroxylation sites is 1. The molecule has 23 heavy (non-hydrogen) atoms. The molecule has 0 aliphatic heterocycles. The van der Waals surface area contributed by atoms with Gasteiger partial charge in [-0.3, -0.25) is 19.0 Å². The van der Waals surface area contributed by atoms with E-state index in [1.54, 1.807) is 42.5 Å². The minimum Gasteiger partial charge on any atom is -0.324 e. The van der Waals surface area contributed by atoms with Crippen LogP contribution in [0.2, 0.25) is 0 Å². The van der Waals surface area contributed by atoms with Crippen LogP contribution in [0.15, 0.2) is 62.6 Å². The third kappa shape index (κ3) is 3.25. The molecular formula is C16H11BrN2O3S. The molecule has 3 aromatic rings. The van der Waals surface area contributed by atoms with Crippen LogP contribution in [0.25, 0.3) is 10.1 Å². The summed E-state index contributed by atoms with van der Waals surface area (Å²) in [7, 11) is 0. The van der Waals surface area contributed by atoms with Crippen molar-refractivity contribution in [3.8, 4) is 0 Å². The lowest BCUT2D eigenvalue weighted by atomic mass is 10.3. The summed E-state index contributed by atoms with van der Waals surface area (Å²) in [6.45, 7) is -0.319. The van der Waals surface area contributed by atoms with Gasteiger partial charge in [0.15, 0.2) is 0 Å². The van der Waals surface area contributed by atoms with Crippen molar-refractivity contribution in [1.29, 1.82) is 0 Å². The van der Waals surface area contributed by atoms with Gasteiger partial charge in [0.1, 0.15) is 6.54 Å². The number of rotatable bonds is 3. The Balaban J connectivity index is 1.93. The van der Waals surface area contributed by atoms with Crippen molar-refractivity contribution in [3.63, 3.8) is 0 Å². The van der Waals surface area contributed by atoms with E-state index < -0.39 is 16.3 Å². The molecule has 1 amide bonds. The van der Waals surface area contributed by atoms with Gasteiger partial charge in [0, 0.05) is 9.17 Å². The zero-order chi connectivity index (χ0) is 16.4. The van der Waals surface area contributed by atoms with E-state index in [0.717, 1.165) is 20.4 Å². The standard InChI is InChI=1S/C16H11BrN2O3S/c17-11-6-2-3-7-12(11)18-14(20)9-19-15(21)10-5-1-4-8-13(10)23-16(19)22/h1-8H,9H2,(H,18,20). The highest BCUT2D eigenvalue weighted by Crippen LogP contribution is 2.21. The van der Waals surface area contributed by atoms with Crippen molar-refractivity contribution in [2.45, 2.75) is 6.54 Å². The Kier molecular flexibility index (Phi) is 4.40. The number of anilines is 1. The zero-order valence-corrected chi connectivity index (χ0v) is 14.2. The van der Waals surface area contributed by atoms with Gasteiger partial charge in [0.25, 0.3) is 5.56 Å². The molecule has 5 nitrogen and oxygen atoms in total. The molecule has 0 saturated carbocycles. The Morgan fingerprint density at radius 2 is 1.78 bits per heavy atom. The number of carbonyl (C=O) groups excluding carboxylic acids is 1. The number of fused-ring (bicyclic) bond motifs is 1. The first-order valence-electron chi connectivity index (χ1n) is 6.73. The van der Waals surface area contributed by atoms with Gasteiger partial charge in [0.2, 0.25) is 5.91 Å². The van der Waals surface area contributed by atoms with Crippen molar-refractivity contribution in [3.05, 3.63) is 73.0 Å². The number of aromatic nitrogens is 1. The summed E-state index contributed by atoms with van der Waals surface area (Å²) in [5, 5.41) is 3.12. The third-order valence-corrected chi connectivity index (χ3v) is 4.89. The molecule has 1 N–H and O–H groups in total. The van der Waals surface area contributed by atoms with Gasteiger partial charge in [-0.25, -0.2) is 0 Å². The van der Waals surface area contributed by atoms with Crippen LogP contribution in [0, 0.1) is 0 Å². The van der Waals surface area contributed by atoms with Crippen molar-refractivity contribution >= 4 is 48.9 Å². The van der Waals surface area contributed by atoms with E-state index in [9.17, 15) is 14.4 Å². The summed E-state index contributed by atoms with van der Waals surface area (Å²) in [6, 6.07) is 14.0. The van der Waals surface area contributed by atoms with Crippen LogP contribution in [-0.2, 0) is 11.3 Å². The molecule has 0 saturated heterocycles. The molecule has 1 aromatic heterocycles. The Hall–Kier alpha value is -2.25. The van der Waals surface area contributed by atoms with Crippen molar-refractivity contribution in [2.75, 3.05) is 5.32 Å². The predicted molar refractivity (Wildman–Crippen MR) is 95.1 cm³/mol. The molecule has 0 aliphatic carbocycles. The molecule has 3 rings (SSSR count). The molecule has 1 heterocycles. The molecule has 2 aromatic carbocycles. The molecule has 0 fully saturated rings. The summed E-state index contributed by atoms with van der Waals surface area (Å²) >= 11 is 4.28.